The van der Waals surface area contributed by atoms with Gasteiger partial charge in [-0.1, -0.05) is 23.7 Å². The molecule has 1 aromatic heterocycles. The summed E-state index contributed by atoms with van der Waals surface area (Å²) in [4.78, 5) is 33.1. The van der Waals surface area contributed by atoms with Gasteiger partial charge in [0.25, 0.3) is 5.91 Å². The molecule has 2 N–H and O–H groups in total. The summed E-state index contributed by atoms with van der Waals surface area (Å²) < 4.78 is 26.8. The summed E-state index contributed by atoms with van der Waals surface area (Å²) in [7, 11) is 0. The van der Waals surface area contributed by atoms with Crippen molar-refractivity contribution >= 4 is 34.5 Å². The van der Waals surface area contributed by atoms with Crippen LogP contribution in [0.5, 0.6) is 0 Å². The fraction of sp³-hybridized carbons (Fsp3) is 0.185. The van der Waals surface area contributed by atoms with Crippen LogP contribution < -0.4 is 5.32 Å². The first-order valence-corrected chi connectivity index (χ1v) is 11.7. The molecular weight excluding hydrogens is 488 g/mol. The number of aromatic nitrogens is 2. The molecule has 1 heterocycles. The standard InChI is InChI=1S/C27H22ClF2N3O3/c28-19-8-5-17(6-9-19)26-23(3-1-2-4-25(34)35)32-24-13-18(7-10-22(24)33-26)27(36)31-15-16-11-20(29)14-21(30)12-16/h5-14H,1-4,15H2,(H,31,36)(H,34,35). The van der Waals surface area contributed by atoms with Crippen LogP contribution in [-0.2, 0) is 17.8 Å². The lowest BCUT2D eigenvalue weighted by atomic mass is 10.0. The normalized spacial score (nSPS) is 11.0. The maximum absolute atomic E-state index is 13.4. The highest BCUT2D eigenvalue weighted by molar-refractivity contribution is 6.30. The molecule has 0 bridgehead atoms. The quantitative estimate of drug-likeness (QED) is 0.272. The minimum Gasteiger partial charge on any atom is -0.481 e. The molecular formula is C27H22ClF2N3O3. The number of carbonyl (C=O) groups is 2. The van der Waals surface area contributed by atoms with E-state index in [9.17, 15) is 18.4 Å². The Hall–Kier alpha value is -3.91. The van der Waals surface area contributed by atoms with E-state index in [0.29, 0.717) is 57.8 Å². The summed E-state index contributed by atoms with van der Waals surface area (Å²) in [5.41, 5.74) is 3.89. The van der Waals surface area contributed by atoms with E-state index < -0.39 is 23.5 Å². The molecule has 4 aromatic rings. The number of carboxylic acids is 1. The molecule has 0 spiro atoms. The second kappa shape index (κ2) is 11.2. The highest BCUT2D eigenvalue weighted by atomic mass is 35.5. The van der Waals surface area contributed by atoms with Crippen molar-refractivity contribution in [2.24, 2.45) is 0 Å². The van der Waals surface area contributed by atoms with Crippen molar-refractivity contribution in [1.82, 2.24) is 15.3 Å². The van der Waals surface area contributed by atoms with Crippen molar-refractivity contribution in [3.63, 3.8) is 0 Å². The Morgan fingerprint density at radius 1 is 0.889 bits per heavy atom. The van der Waals surface area contributed by atoms with E-state index in [1.165, 1.54) is 0 Å². The number of aliphatic carboxylic acids is 1. The van der Waals surface area contributed by atoms with Gasteiger partial charge in [-0.05, 0) is 67.3 Å². The predicted octanol–water partition coefficient (Wildman–Crippen LogP) is 5.96. The number of nitrogens with zero attached hydrogens (tertiary/aromatic N) is 2. The summed E-state index contributed by atoms with van der Waals surface area (Å²) in [5.74, 6) is -2.71. The molecule has 0 fully saturated rings. The molecule has 36 heavy (non-hydrogen) atoms. The fourth-order valence-electron chi connectivity index (χ4n) is 3.81. The maximum atomic E-state index is 13.4. The van der Waals surface area contributed by atoms with Gasteiger partial charge < -0.3 is 10.4 Å². The molecule has 6 nitrogen and oxygen atoms in total. The zero-order chi connectivity index (χ0) is 25.7. The molecule has 0 unspecified atom stereocenters. The van der Waals surface area contributed by atoms with Gasteiger partial charge in [0.2, 0.25) is 0 Å². The summed E-state index contributed by atoms with van der Waals surface area (Å²) in [5, 5.41) is 12.2. The van der Waals surface area contributed by atoms with Crippen molar-refractivity contribution in [3.8, 4) is 11.3 Å². The van der Waals surface area contributed by atoms with E-state index in [-0.39, 0.29) is 13.0 Å². The molecule has 0 atom stereocenters. The van der Waals surface area contributed by atoms with Gasteiger partial charge in [0.15, 0.2) is 0 Å². The lowest BCUT2D eigenvalue weighted by molar-refractivity contribution is -0.137. The lowest BCUT2D eigenvalue weighted by Gasteiger charge is -2.12. The fourth-order valence-corrected chi connectivity index (χ4v) is 3.94. The van der Waals surface area contributed by atoms with Crippen LogP contribution in [0.1, 0.15) is 40.9 Å². The van der Waals surface area contributed by atoms with Crippen molar-refractivity contribution in [2.75, 3.05) is 0 Å². The number of aryl methyl sites for hydroxylation is 1. The van der Waals surface area contributed by atoms with Gasteiger partial charge in [0.1, 0.15) is 11.6 Å². The van der Waals surface area contributed by atoms with Gasteiger partial charge in [0, 0.05) is 35.2 Å². The highest BCUT2D eigenvalue weighted by Crippen LogP contribution is 2.26. The number of halogens is 3. The van der Waals surface area contributed by atoms with Gasteiger partial charge in [-0.25, -0.2) is 18.7 Å². The van der Waals surface area contributed by atoms with Crippen molar-refractivity contribution in [2.45, 2.75) is 32.2 Å². The van der Waals surface area contributed by atoms with Gasteiger partial charge in [-0.2, -0.15) is 0 Å². The van der Waals surface area contributed by atoms with Crippen LogP contribution in [-0.4, -0.2) is 27.0 Å². The number of hydrogen-bond donors (Lipinski definition) is 2. The second-order valence-electron chi connectivity index (χ2n) is 8.29. The van der Waals surface area contributed by atoms with Gasteiger partial charge in [-0.15, -0.1) is 0 Å². The minimum atomic E-state index is -0.853. The Morgan fingerprint density at radius 2 is 1.61 bits per heavy atom. The van der Waals surface area contributed by atoms with E-state index in [2.05, 4.69) is 5.32 Å². The third-order valence-corrected chi connectivity index (χ3v) is 5.80. The molecule has 0 aliphatic carbocycles. The van der Waals surface area contributed by atoms with E-state index >= 15 is 0 Å². The van der Waals surface area contributed by atoms with Crippen molar-refractivity contribution in [3.05, 3.63) is 94.1 Å². The van der Waals surface area contributed by atoms with Crippen LogP contribution in [0.2, 0.25) is 5.02 Å². The topological polar surface area (TPSA) is 92.2 Å². The van der Waals surface area contributed by atoms with E-state index in [1.54, 1.807) is 30.3 Å². The number of unbranched alkanes of at least 4 members (excludes halogenated alkanes) is 1. The summed E-state index contributed by atoms with van der Waals surface area (Å²) in [6, 6.07) is 15.2. The number of nitrogens with one attached hydrogen (secondary N) is 1. The van der Waals surface area contributed by atoms with Gasteiger partial charge >= 0.3 is 5.97 Å². The zero-order valence-corrected chi connectivity index (χ0v) is 19.9. The number of benzene rings is 3. The Kier molecular flexibility index (Phi) is 7.85. The van der Waals surface area contributed by atoms with Crippen LogP contribution in [0, 0.1) is 11.6 Å². The Labute approximate surface area is 211 Å². The number of carboxylic acid groups (broad SMARTS) is 1. The number of fused-ring (bicyclic) bond motifs is 1. The molecule has 4 rings (SSSR count). The van der Waals surface area contributed by atoms with Crippen LogP contribution in [0.3, 0.4) is 0 Å². The maximum Gasteiger partial charge on any atom is 0.303 e. The number of amides is 1. The molecule has 0 aliphatic heterocycles. The zero-order valence-electron chi connectivity index (χ0n) is 19.1. The summed E-state index contributed by atoms with van der Waals surface area (Å²) >= 11 is 6.03. The molecule has 0 saturated heterocycles. The number of carbonyl (C=O) groups excluding carboxylic acids is 1. The first-order valence-electron chi connectivity index (χ1n) is 11.3. The number of rotatable bonds is 9. The Bertz CT molecular complexity index is 1410. The second-order valence-corrected chi connectivity index (χ2v) is 8.73. The molecule has 0 saturated carbocycles. The average Bonchev–Trinajstić information content (AvgIpc) is 2.84. The molecule has 1 amide bonds. The Morgan fingerprint density at radius 3 is 2.31 bits per heavy atom. The SMILES string of the molecule is O=C(O)CCCCc1nc2cc(C(=O)NCc3cc(F)cc(F)c3)ccc2nc1-c1ccc(Cl)cc1. The summed E-state index contributed by atoms with van der Waals surface area (Å²) in [6.45, 7) is -0.0401. The van der Waals surface area contributed by atoms with Gasteiger partial charge in [0.05, 0.1) is 22.4 Å². The minimum absolute atomic E-state index is 0.0401. The third-order valence-electron chi connectivity index (χ3n) is 5.55. The van der Waals surface area contributed by atoms with Crippen LogP contribution in [0.4, 0.5) is 8.78 Å². The first kappa shape index (κ1) is 25.2. The molecule has 0 radical (unpaired) electrons. The highest BCUT2D eigenvalue weighted by Gasteiger charge is 2.14. The molecule has 184 valence electrons. The Balaban J connectivity index is 1.60. The van der Waals surface area contributed by atoms with E-state index in [1.807, 2.05) is 12.1 Å². The largest absolute Gasteiger partial charge is 0.481 e. The third kappa shape index (κ3) is 6.40. The average molecular weight is 510 g/mol. The molecule has 3 aromatic carbocycles. The summed E-state index contributed by atoms with van der Waals surface area (Å²) in [6.07, 6.45) is 1.68. The molecule has 9 heteroatoms. The van der Waals surface area contributed by atoms with Crippen molar-refractivity contribution in [1.29, 1.82) is 0 Å². The van der Waals surface area contributed by atoms with Crippen molar-refractivity contribution < 1.29 is 23.5 Å². The van der Waals surface area contributed by atoms with Crippen LogP contribution >= 0.6 is 11.6 Å². The predicted molar refractivity (Wildman–Crippen MR) is 133 cm³/mol. The van der Waals surface area contributed by atoms with Crippen LogP contribution in [0.15, 0.2) is 60.7 Å². The van der Waals surface area contributed by atoms with Gasteiger partial charge in [-0.3, -0.25) is 9.59 Å². The monoisotopic (exact) mass is 509 g/mol. The lowest BCUT2D eigenvalue weighted by Crippen LogP contribution is -2.23. The number of hydrogen-bond acceptors (Lipinski definition) is 4. The molecule has 0 aliphatic rings. The van der Waals surface area contributed by atoms with E-state index in [4.69, 9.17) is 26.7 Å². The smallest absolute Gasteiger partial charge is 0.303 e. The van der Waals surface area contributed by atoms with E-state index in [0.717, 1.165) is 23.8 Å². The first-order chi connectivity index (χ1) is 17.3. The van der Waals surface area contributed by atoms with Crippen LogP contribution in [0.25, 0.3) is 22.3 Å².